The standard InChI is InChI=1S/C23H25NO4/c1-5-7-17-12-21(25)28-20-13-18(10-11-19(17)20)27-16(4)23(26)24-22-14(2)8-6-9-15(22)3/h6,8-13,16H,5,7H2,1-4H3,(H,24,26). The summed E-state index contributed by atoms with van der Waals surface area (Å²) in [5.41, 5.74) is 3.84. The van der Waals surface area contributed by atoms with Crippen molar-refractivity contribution in [3.05, 3.63) is 69.6 Å². The second kappa shape index (κ2) is 8.30. The van der Waals surface area contributed by atoms with E-state index in [0.717, 1.165) is 40.6 Å². The van der Waals surface area contributed by atoms with Gasteiger partial charge in [0, 0.05) is 23.2 Å². The molecule has 1 N–H and O–H groups in total. The first-order valence-electron chi connectivity index (χ1n) is 9.49. The Morgan fingerprint density at radius 3 is 2.54 bits per heavy atom. The van der Waals surface area contributed by atoms with Crippen LogP contribution in [0, 0.1) is 13.8 Å². The third kappa shape index (κ3) is 4.25. The number of benzene rings is 2. The molecule has 5 nitrogen and oxygen atoms in total. The molecule has 146 valence electrons. The van der Waals surface area contributed by atoms with Gasteiger partial charge in [0.1, 0.15) is 11.3 Å². The van der Waals surface area contributed by atoms with Crippen molar-refractivity contribution >= 4 is 22.6 Å². The van der Waals surface area contributed by atoms with E-state index in [4.69, 9.17) is 9.15 Å². The van der Waals surface area contributed by atoms with Crippen molar-refractivity contribution < 1.29 is 13.9 Å². The Labute approximate surface area is 164 Å². The number of para-hydroxylation sites is 1. The summed E-state index contributed by atoms with van der Waals surface area (Å²) >= 11 is 0. The minimum absolute atomic E-state index is 0.237. The van der Waals surface area contributed by atoms with Crippen LogP contribution in [0.5, 0.6) is 5.75 Å². The zero-order valence-corrected chi connectivity index (χ0v) is 16.7. The molecule has 0 spiro atoms. The number of anilines is 1. The molecule has 1 atom stereocenters. The van der Waals surface area contributed by atoms with Crippen LogP contribution in [0.3, 0.4) is 0 Å². The quantitative estimate of drug-likeness (QED) is 0.627. The second-order valence-electron chi connectivity index (χ2n) is 7.01. The van der Waals surface area contributed by atoms with Crippen molar-refractivity contribution in [2.75, 3.05) is 5.32 Å². The molecule has 1 amide bonds. The van der Waals surface area contributed by atoms with Gasteiger partial charge in [0.15, 0.2) is 6.10 Å². The molecule has 0 aliphatic carbocycles. The lowest BCUT2D eigenvalue weighted by atomic mass is 10.1. The Balaban J connectivity index is 1.80. The van der Waals surface area contributed by atoms with Crippen LogP contribution >= 0.6 is 0 Å². The minimum Gasteiger partial charge on any atom is -0.481 e. The van der Waals surface area contributed by atoms with Crippen LogP contribution in [0.25, 0.3) is 11.0 Å². The number of hydrogen-bond donors (Lipinski definition) is 1. The molecule has 28 heavy (non-hydrogen) atoms. The summed E-state index contributed by atoms with van der Waals surface area (Å²) in [5.74, 6) is 0.243. The van der Waals surface area contributed by atoms with Gasteiger partial charge in [-0.15, -0.1) is 0 Å². The molecule has 0 saturated carbocycles. The number of carbonyl (C=O) groups excluding carboxylic acids is 1. The van der Waals surface area contributed by atoms with E-state index in [9.17, 15) is 9.59 Å². The van der Waals surface area contributed by atoms with E-state index >= 15 is 0 Å². The van der Waals surface area contributed by atoms with Crippen LogP contribution in [0.4, 0.5) is 5.69 Å². The number of amides is 1. The predicted octanol–water partition coefficient (Wildman–Crippen LogP) is 4.77. The monoisotopic (exact) mass is 379 g/mol. The molecule has 0 fully saturated rings. The van der Waals surface area contributed by atoms with E-state index in [1.165, 1.54) is 6.07 Å². The highest BCUT2D eigenvalue weighted by Crippen LogP contribution is 2.25. The molecule has 1 heterocycles. The molecule has 0 bridgehead atoms. The molecule has 5 heteroatoms. The molecule has 3 aromatic rings. The van der Waals surface area contributed by atoms with Gasteiger partial charge in [-0.05, 0) is 56.0 Å². The Bertz CT molecular complexity index is 1050. The topological polar surface area (TPSA) is 68.5 Å². The first-order valence-corrected chi connectivity index (χ1v) is 9.49. The fourth-order valence-corrected chi connectivity index (χ4v) is 3.25. The van der Waals surface area contributed by atoms with Gasteiger partial charge in [0.25, 0.3) is 5.91 Å². The molecule has 3 rings (SSSR count). The van der Waals surface area contributed by atoms with Gasteiger partial charge in [-0.2, -0.15) is 0 Å². The third-order valence-electron chi connectivity index (χ3n) is 4.73. The van der Waals surface area contributed by atoms with Crippen LogP contribution in [-0.2, 0) is 11.2 Å². The van der Waals surface area contributed by atoms with Gasteiger partial charge in [0.2, 0.25) is 0 Å². The second-order valence-corrected chi connectivity index (χ2v) is 7.01. The van der Waals surface area contributed by atoms with Crippen LogP contribution in [0.15, 0.2) is 51.7 Å². The maximum absolute atomic E-state index is 12.6. The molecular weight excluding hydrogens is 354 g/mol. The van der Waals surface area contributed by atoms with E-state index in [0.29, 0.717) is 11.3 Å². The van der Waals surface area contributed by atoms with E-state index in [1.807, 2.05) is 38.1 Å². The highest BCUT2D eigenvalue weighted by molar-refractivity contribution is 5.95. The largest absolute Gasteiger partial charge is 0.481 e. The number of fused-ring (bicyclic) bond motifs is 1. The minimum atomic E-state index is -0.706. The zero-order chi connectivity index (χ0) is 20.3. The Kier molecular flexibility index (Phi) is 5.83. The van der Waals surface area contributed by atoms with Crippen LogP contribution < -0.4 is 15.7 Å². The van der Waals surface area contributed by atoms with Crippen LogP contribution in [0.1, 0.15) is 37.0 Å². The summed E-state index contributed by atoms with van der Waals surface area (Å²) in [6, 6.07) is 12.7. The third-order valence-corrected chi connectivity index (χ3v) is 4.73. The summed E-state index contributed by atoms with van der Waals surface area (Å²) in [7, 11) is 0. The lowest BCUT2D eigenvalue weighted by Crippen LogP contribution is -2.30. The van der Waals surface area contributed by atoms with Gasteiger partial charge >= 0.3 is 5.63 Å². The lowest BCUT2D eigenvalue weighted by molar-refractivity contribution is -0.122. The Morgan fingerprint density at radius 2 is 1.86 bits per heavy atom. The first kappa shape index (κ1) is 19.7. The zero-order valence-electron chi connectivity index (χ0n) is 16.7. The van der Waals surface area contributed by atoms with Crippen molar-refractivity contribution in [1.29, 1.82) is 0 Å². The average Bonchev–Trinajstić information content (AvgIpc) is 2.64. The fraction of sp³-hybridized carbons (Fsp3) is 0.304. The maximum Gasteiger partial charge on any atom is 0.336 e. The SMILES string of the molecule is CCCc1cc(=O)oc2cc(OC(C)C(=O)Nc3c(C)cccc3C)ccc12. The number of rotatable bonds is 6. The van der Waals surface area contributed by atoms with Crippen LogP contribution in [-0.4, -0.2) is 12.0 Å². The van der Waals surface area contributed by atoms with Crippen LogP contribution in [0.2, 0.25) is 0 Å². The molecule has 0 aliphatic heterocycles. The number of carbonyl (C=O) groups is 1. The fourth-order valence-electron chi connectivity index (χ4n) is 3.25. The van der Waals surface area contributed by atoms with Crippen molar-refractivity contribution in [2.24, 2.45) is 0 Å². The van der Waals surface area contributed by atoms with Crippen molar-refractivity contribution in [1.82, 2.24) is 0 Å². The summed E-state index contributed by atoms with van der Waals surface area (Å²) in [6.45, 7) is 7.66. The van der Waals surface area contributed by atoms with Gasteiger partial charge in [-0.1, -0.05) is 31.5 Å². The van der Waals surface area contributed by atoms with Crippen molar-refractivity contribution in [3.63, 3.8) is 0 Å². The summed E-state index contributed by atoms with van der Waals surface area (Å²) in [5, 5.41) is 3.82. The summed E-state index contributed by atoms with van der Waals surface area (Å²) in [4.78, 5) is 24.4. The van der Waals surface area contributed by atoms with E-state index in [1.54, 1.807) is 19.1 Å². The molecule has 1 aromatic heterocycles. The maximum atomic E-state index is 12.6. The smallest absolute Gasteiger partial charge is 0.336 e. The van der Waals surface area contributed by atoms with Gasteiger partial charge < -0.3 is 14.5 Å². The van der Waals surface area contributed by atoms with Gasteiger partial charge in [-0.25, -0.2) is 4.79 Å². The number of nitrogens with one attached hydrogen (secondary N) is 1. The van der Waals surface area contributed by atoms with Crippen molar-refractivity contribution in [3.8, 4) is 5.75 Å². The average molecular weight is 379 g/mol. The molecule has 2 aromatic carbocycles. The number of aryl methyl sites for hydroxylation is 3. The van der Waals surface area contributed by atoms with E-state index < -0.39 is 6.10 Å². The molecule has 0 saturated heterocycles. The van der Waals surface area contributed by atoms with Gasteiger partial charge in [0.05, 0.1) is 0 Å². The van der Waals surface area contributed by atoms with Gasteiger partial charge in [-0.3, -0.25) is 4.79 Å². The normalized spacial score (nSPS) is 12.0. The van der Waals surface area contributed by atoms with E-state index in [-0.39, 0.29) is 11.5 Å². The first-order chi connectivity index (χ1) is 13.4. The molecule has 1 unspecified atom stereocenters. The summed E-state index contributed by atoms with van der Waals surface area (Å²) in [6.07, 6.45) is 1.03. The summed E-state index contributed by atoms with van der Waals surface area (Å²) < 4.78 is 11.1. The Hall–Kier alpha value is -3.08. The van der Waals surface area contributed by atoms with Crippen molar-refractivity contribution in [2.45, 2.75) is 46.6 Å². The Morgan fingerprint density at radius 1 is 1.14 bits per heavy atom. The number of hydrogen-bond acceptors (Lipinski definition) is 4. The highest BCUT2D eigenvalue weighted by atomic mass is 16.5. The molecule has 0 aliphatic rings. The van der Waals surface area contributed by atoms with E-state index in [2.05, 4.69) is 12.2 Å². The predicted molar refractivity (Wildman–Crippen MR) is 111 cm³/mol. The molecule has 0 radical (unpaired) electrons. The highest BCUT2D eigenvalue weighted by Gasteiger charge is 2.17. The lowest BCUT2D eigenvalue weighted by Gasteiger charge is -2.17. The number of ether oxygens (including phenoxy) is 1. The molecular formula is C23H25NO4.